The van der Waals surface area contributed by atoms with E-state index in [2.05, 4.69) is 19.6 Å². The third-order valence-corrected chi connectivity index (χ3v) is 5.67. The van der Waals surface area contributed by atoms with E-state index in [0.29, 0.717) is 31.3 Å². The topological polar surface area (TPSA) is 98.7 Å². The molecule has 0 aromatic carbocycles. The Morgan fingerprint density at radius 2 is 2.24 bits per heavy atom. The van der Waals surface area contributed by atoms with Crippen LogP contribution in [-0.2, 0) is 29.9 Å². The van der Waals surface area contributed by atoms with Crippen molar-refractivity contribution < 1.29 is 22.7 Å². The number of nitrogens with zero attached hydrogens (tertiary/aromatic N) is 3. The molecule has 0 unspecified atom stereocenters. The highest BCUT2D eigenvalue weighted by Crippen LogP contribution is 2.22. The molecule has 10 heteroatoms. The number of rotatable bonds is 7. The summed E-state index contributed by atoms with van der Waals surface area (Å²) in [5.41, 5.74) is 0.307. The Morgan fingerprint density at radius 3 is 2.92 bits per heavy atom. The normalized spacial score (nSPS) is 18.2. The van der Waals surface area contributed by atoms with Crippen molar-refractivity contribution in [2.24, 2.45) is 0 Å². The van der Waals surface area contributed by atoms with Crippen LogP contribution < -0.4 is 4.90 Å². The molecular weight excluding hydrogens is 370 g/mol. The first-order chi connectivity index (χ1) is 11.8. The number of morpholine rings is 1. The van der Waals surface area contributed by atoms with Crippen LogP contribution in [0.15, 0.2) is 6.07 Å². The minimum atomic E-state index is -3.52. The van der Waals surface area contributed by atoms with E-state index in [1.807, 2.05) is 6.92 Å². The summed E-state index contributed by atoms with van der Waals surface area (Å²) >= 11 is 5.99. The molecule has 0 saturated carbocycles. The number of ether oxygens (including phenoxy) is 2. The van der Waals surface area contributed by atoms with Gasteiger partial charge in [0.05, 0.1) is 50.0 Å². The van der Waals surface area contributed by atoms with Crippen molar-refractivity contribution in [1.29, 1.82) is 0 Å². The Morgan fingerprint density at radius 1 is 1.48 bits per heavy atom. The van der Waals surface area contributed by atoms with E-state index in [1.54, 1.807) is 6.07 Å². The SMILES string of the molecule is CC[C@H]1COCCN1c1cc(CS(=O)(=O)CCC(=O)OC)nc(Cl)n1. The van der Waals surface area contributed by atoms with Gasteiger partial charge < -0.3 is 14.4 Å². The van der Waals surface area contributed by atoms with Crippen LogP contribution in [0.4, 0.5) is 5.82 Å². The summed E-state index contributed by atoms with van der Waals surface area (Å²) in [6, 6.07) is 1.79. The zero-order chi connectivity index (χ0) is 18.4. The lowest BCUT2D eigenvalue weighted by atomic mass is 10.2. The molecule has 8 nitrogen and oxygen atoms in total. The maximum Gasteiger partial charge on any atom is 0.306 e. The number of carbonyl (C=O) groups is 1. The maximum absolute atomic E-state index is 12.2. The first-order valence-electron chi connectivity index (χ1n) is 7.99. The molecule has 0 amide bonds. The molecule has 25 heavy (non-hydrogen) atoms. The smallest absolute Gasteiger partial charge is 0.306 e. The number of sulfone groups is 1. The van der Waals surface area contributed by atoms with E-state index in [0.717, 1.165) is 6.42 Å². The number of anilines is 1. The highest BCUT2D eigenvalue weighted by molar-refractivity contribution is 7.90. The predicted molar refractivity (Wildman–Crippen MR) is 93.4 cm³/mol. The van der Waals surface area contributed by atoms with E-state index in [1.165, 1.54) is 7.11 Å². The van der Waals surface area contributed by atoms with Crippen LogP contribution in [0.2, 0.25) is 5.28 Å². The summed E-state index contributed by atoms with van der Waals surface area (Å²) in [4.78, 5) is 21.4. The van der Waals surface area contributed by atoms with Crippen molar-refractivity contribution in [2.45, 2.75) is 31.6 Å². The average Bonchev–Trinajstić information content (AvgIpc) is 2.58. The predicted octanol–water partition coefficient (Wildman–Crippen LogP) is 1.22. The van der Waals surface area contributed by atoms with Gasteiger partial charge in [0.25, 0.3) is 0 Å². The van der Waals surface area contributed by atoms with Crippen molar-refractivity contribution in [3.8, 4) is 0 Å². The quantitative estimate of drug-likeness (QED) is 0.505. The van der Waals surface area contributed by atoms with Crippen molar-refractivity contribution in [1.82, 2.24) is 9.97 Å². The van der Waals surface area contributed by atoms with E-state index in [9.17, 15) is 13.2 Å². The van der Waals surface area contributed by atoms with Crippen LogP contribution in [0.5, 0.6) is 0 Å². The largest absolute Gasteiger partial charge is 0.469 e. The Balaban J connectivity index is 2.16. The minimum Gasteiger partial charge on any atom is -0.469 e. The lowest BCUT2D eigenvalue weighted by molar-refractivity contribution is -0.140. The van der Waals surface area contributed by atoms with Gasteiger partial charge in [-0.25, -0.2) is 18.4 Å². The number of carbonyl (C=O) groups excluding carboxylic acids is 1. The van der Waals surface area contributed by atoms with E-state index in [4.69, 9.17) is 16.3 Å². The molecule has 2 rings (SSSR count). The van der Waals surface area contributed by atoms with Gasteiger partial charge in [-0.2, -0.15) is 0 Å². The third-order valence-electron chi connectivity index (χ3n) is 3.94. The fourth-order valence-electron chi connectivity index (χ4n) is 2.61. The molecule has 2 heterocycles. The molecule has 0 aliphatic carbocycles. The van der Waals surface area contributed by atoms with Crippen molar-refractivity contribution in [3.05, 3.63) is 17.0 Å². The Kier molecular flexibility index (Phi) is 6.97. The highest BCUT2D eigenvalue weighted by Gasteiger charge is 2.24. The van der Waals surface area contributed by atoms with Gasteiger partial charge in [-0.05, 0) is 18.0 Å². The summed E-state index contributed by atoms with van der Waals surface area (Å²) in [5, 5.41) is -0.00277. The van der Waals surface area contributed by atoms with Gasteiger partial charge in [0, 0.05) is 12.6 Å². The number of methoxy groups -OCH3 is 1. The molecule has 140 valence electrons. The lowest BCUT2D eigenvalue weighted by Gasteiger charge is -2.36. The standard InChI is InChI=1S/C15H22ClN3O5S/c1-3-12-9-24-6-5-19(12)13-8-11(17-15(16)18-13)10-25(21,22)7-4-14(20)23-2/h8,12H,3-7,9-10H2,1-2H3/t12-/m0/s1. The molecule has 1 aromatic heterocycles. The average molecular weight is 392 g/mol. The monoisotopic (exact) mass is 391 g/mol. The lowest BCUT2D eigenvalue weighted by Crippen LogP contribution is -2.45. The summed E-state index contributed by atoms with van der Waals surface area (Å²) in [6.45, 7) is 3.86. The molecule has 0 bridgehead atoms. The molecule has 0 spiro atoms. The molecule has 1 saturated heterocycles. The third kappa shape index (κ3) is 5.79. The van der Waals surface area contributed by atoms with Gasteiger partial charge >= 0.3 is 5.97 Å². The number of hydrogen-bond acceptors (Lipinski definition) is 8. The van der Waals surface area contributed by atoms with Gasteiger partial charge in [-0.15, -0.1) is 0 Å². The number of esters is 1. The first-order valence-corrected chi connectivity index (χ1v) is 10.2. The number of halogens is 1. The molecule has 1 atom stereocenters. The summed E-state index contributed by atoms with van der Waals surface area (Å²) in [6.07, 6.45) is 0.681. The first kappa shape index (κ1) is 19.9. The minimum absolute atomic E-state index is 0.00277. The molecule has 1 aliphatic heterocycles. The summed E-state index contributed by atoms with van der Waals surface area (Å²) in [7, 11) is -2.30. The second kappa shape index (κ2) is 8.77. The van der Waals surface area contributed by atoms with E-state index < -0.39 is 15.8 Å². The summed E-state index contributed by atoms with van der Waals surface area (Å²) < 4.78 is 34.3. The molecule has 1 aromatic rings. The maximum atomic E-state index is 12.2. The van der Waals surface area contributed by atoms with Crippen LogP contribution in [0.1, 0.15) is 25.5 Å². The van der Waals surface area contributed by atoms with Gasteiger partial charge in [-0.3, -0.25) is 4.79 Å². The van der Waals surface area contributed by atoms with Gasteiger partial charge in [0.2, 0.25) is 5.28 Å². The molecule has 0 radical (unpaired) electrons. The Bertz CT molecular complexity index is 713. The fraction of sp³-hybridized carbons (Fsp3) is 0.667. The van der Waals surface area contributed by atoms with Crippen molar-refractivity contribution >= 4 is 33.2 Å². The van der Waals surface area contributed by atoms with Crippen molar-refractivity contribution in [2.75, 3.05) is 37.5 Å². The molecule has 1 fully saturated rings. The van der Waals surface area contributed by atoms with E-state index in [-0.39, 0.29) is 29.3 Å². The van der Waals surface area contributed by atoms with Crippen LogP contribution >= 0.6 is 11.6 Å². The van der Waals surface area contributed by atoms with Crippen LogP contribution in [0, 0.1) is 0 Å². The molecule has 0 N–H and O–H groups in total. The van der Waals surface area contributed by atoms with Gasteiger partial charge in [0.1, 0.15) is 5.82 Å². The number of aromatic nitrogens is 2. The summed E-state index contributed by atoms with van der Waals surface area (Å²) in [5.74, 6) is -0.580. The van der Waals surface area contributed by atoms with Crippen molar-refractivity contribution in [3.63, 3.8) is 0 Å². The van der Waals surface area contributed by atoms with Crippen LogP contribution in [0.3, 0.4) is 0 Å². The van der Waals surface area contributed by atoms with E-state index >= 15 is 0 Å². The number of hydrogen-bond donors (Lipinski definition) is 0. The van der Waals surface area contributed by atoms with Crippen LogP contribution in [-0.4, -0.2) is 63.0 Å². The Hall–Kier alpha value is -1.45. The molecular formula is C15H22ClN3O5S. The van der Waals surface area contributed by atoms with Crippen LogP contribution in [0.25, 0.3) is 0 Å². The van der Waals surface area contributed by atoms with Gasteiger partial charge in [-0.1, -0.05) is 6.92 Å². The fourth-order valence-corrected chi connectivity index (χ4v) is 4.02. The Labute approximate surface area is 152 Å². The molecule has 1 aliphatic rings. The second-order valence-electron chi connectivity index (χ2n) is 5.74. The second-order valence-corrected chi connectivity index (χ2v) is 8.26. The zero-order valence-electron chi connectivity index (χ0n) is 14.3. The highest BCUT2D eigenvalue weighted by atomic mass is 35.5. The van der Waals surface area contributed by atoms with Gasteiger partial charge in [0.15, 0.2) is 9.84 Å². The zero-order valence-corrected chi connectivity index (χ0v) is 15.8.